The molecular weight excluding hydrogens is 283 g/mol. The number of halogens is 3. The minimum atomic E-state index is -4.32. The Labute approximate surface area is 120 Å². The lowest BCUT2D eigenvalue weighted by Gasteiger charge is -2.22. The van der Waals surface area contributed by atoms with Gasteiger partial charge in [-0.2, -0.15) is 24.5 Å². The number of rotatable bonds is 5. The Balaban J connectivity index is 2.34. The van der Waals surface area contributed by atoms with Crippen LogP contribution in [0.3, 0.4) is 0 Å². The first kappa shape index (κ1) is 15.1. The first-order valence-corrected chi connectivity index (χ1v) is 7.37. The van der Waals surface area contributed by atoms with Gasteiger partial charge in [-0.15, -0.1) is 0 Å². The van der Waals surface area contributed by atoms with Gasteiger partial charge in [0.1, 0.15) is 0 Å². The zero-order chi connectivity index (χ0) is 14.6. The van der Waals surface area contributed by atoms with Crippen molar-refractivity contribution in [2.24, 2.45) is 0 Å². The zero-order valence-electron chi connectivity index (χ0n) is 11.1. The minimum Gasteiger partial charge on any atom is -0.310 e. The maximum absolute atomic E-state index is 13.1. The summed E-state index contributed by atoms with van der Waals surface area (Å²) in [6, 6.07) is 7.41. The van der Waals surface area contributed by atoms with Crippen molar-refractivity contribution in [2.75, 3.05) is 6.54 Å². The Morgan fingerprint density at radius 1 is 1.20 bits per heavy atom. The Bertz CT molecular complexity index is 534. The molecule has 2 rings (SSSR count). The Hall–Kier alpha value is -1.33. The van der Waals surface area contributed by atoms with Crippen molar-refractivity contribution in [3.63, 3.8) is 0 Å². The van der Waals surface area contributed by atoms with E-state index in [0.717, 1.165) is 11.6 Å². The quantitative estimate of drug-likeness (QED) is 0.846. The Morgan fingerprint density at radius 2 is 1.95 bits per heavy atom. The van der Waals surface area contributed by atoms with Gasteiger partial charge < -0.3 is 5.32 Å². The molecule has 0 bridgehead atoms. The molecule has 1 nitrogen and oxygen atoms in total. The van der Waals surface area contributed by atoms with Crippen LogP contribution < -0.4 is 5.32 Å². The van der Waals surface area contributed by atoms with E-state index < -0.39 is 11.7 Å². The van der Waals surface area contributed by atoms with E-state index in [1.165, 1.54) is 6.07 Å². The molecular formula is C15H16F3NS. The highest BCUT2D eigenvalue weighted by Crippen LogP contribution is 2.35. The standard InChI is InChI=1S/C15H16F3NS/c1-2-19-14(9-11-7-8-20-10-11)12-5-3-4-6-13(12)15(16,17)18/h3-8,10,14,19H,2,9H2,1H3. The molecule has 0 aliphatic carbocycles. The van der Waals surface area contributed by atoms with Crippen LogP contribution in [0.1, 0.15) is 29.7 Å². The summed E-state index contributed by atoms with van der Waals surface area (Å²) in [5, 5.41) is 7.07. The number of hydrogen-bond donors (Lipinski definition) is 1. The van der Waals surface area contributed by atoms with Crippen LogP contribution in [-0.2, 0) is 12.6 Å². The molecule has 0 spiro atoms. The fourth-order valence-electron chi connectivity index (χ4n) is 2.24. The van der Waals surface area contributed by atoms with Crippen LogP contribution >= 0.6 is 11.3 Å². The zero-order valence-corrected chi connectivity index (χ0v) is 11.9. The van der Waals surface area contributed by atoms with Crippen LogP contribution in [0.5, 0.6) is 0 Å². The third-order valence-corrected chi connectivity index (χ3v) is 3.84. The smallest absolute Gasteiger partial charge is 0.310 e. The van der Waals surface area contributed by atoms with Crippen LogP contribution in [0.15, 0.2) is 41.1 Å². The molecule has 5 heteroatoms. The van der Waals surface area contributed by atoms with Crippen molar-refractivity contribution in [3.05, 3.63) is 57.8 Å². The van der Waals surface area contributed by atoms with Crippen LogP contribution in [0.4, 0.5) is 13.2 Å². The summed E-state index contributed by atoms with van der Waals surface area (Å²) in [6.07, 6.45) is -3.76. The average molecular weight is 299 g/mol. The fraction of sp³-hybridized carbons (Fsp3) is 0.333. The van der Waals surface area contributed by atoms with Crippen molar-refractivity contribution in [1.82, 2.24) is 5.32 Å². The van der Waals surface area contributed by atoms with Crippen molar-refractivity contribution in [2.45, 2.75) is 25.6 Å². The maximum atomic E-state index is 13.1. The van der Waals surface area contributed by atoms with Crippen LogP contribution in [0, 0.1) is 0 Å². The predicted molar refractivity (Wildman–Crippen MR) is 75.9 cm³/mol. The third-order valence-electron chi connectivity index (χ3n) is 3.11. The van der Waals surface area contributed by atoms with E-state index in [0.29, 0.717) is 18.5 Å². The number of likely N-dealkylation sites (N-methyl/N-ethyl adjacent to an activating group) is 1. The largest absolute Gasteiger partial charge is 0.416 e. The first-order valence-electron chi connectivity index (χ1n) is 6.43. The second kappa shape index (κ2) is 6.41. The molecule has 1 heterocycles. The molecule has 2 aromatic rings. The average Bonchev–Trinajstić information content (AvgIpc) is 2.90. The highest BCUT2D eigenvalue weighted by Gasteiger charge is 2.34. The lowest BCUT2D eigenvalue weighted by molar-refractivity contribution is -0.138. The van der Waals surface area contributed by atoms with Crippen LogP contribution in [-0.4, -0.2) is 6.54 Å². The highest BCUT2D eigenvalue weighted by atomic mass is 32.1. The molecule has 1 aromatic carbocycles. The number of thiophene rings is 1. The van der Waals surface area contributed by atoms with Crippen LogP contribution in [0.2, 0.25) is 0 Å². The molecule has 1 N–H and O–H groups in total. The summed E-state index contributed by atoms with van der Waals surface area (Å²) in [4.78, 5) is 0. The van der Waals surface area contributed by atoms with E-state index in [2.05, 4.69) is 5.32 Å². The van der Waals surface area contributed by atoms with Gasteiger partial charge in [0.2, 0.25) is 0 Å². The van der Waals surface area contributed by atoms with E-state index in [4.69, 9.17) is 0 Å². The molecule has 20 heavy (non-hydrogen) atoms. The van der Waals surface area contributed by atoms with Gasteiger partial charge >= 0.3 is 6.18 Å². The van der Waals surface area contributed by atoms with E-state index >= 15 is 0 Å². The van der Waals surface area contributed by atoms with Crippen molar-refractivity contribution in [3.8, 4) is 0 Å². The molecule has 0 saturated heterocycles. The monoisotopic (exact) mass is 299 g/mol. The summed E-state index contributed by atoms with van der Waals surface area (Å²) in [7, 11) is 0. The Kier molecular flexibility index (Phi) is 4.83. The SMILES string of the molecule is CCNC(Cc1ccsc1)c1ccccc1C(F)(F)F. The Morgan fingerprint density at radius 3 is 2.55 bits per heavy atom. The van der Waals surface area contributed by atoms with Gasteiger partial charge in [0.25, 0.3) is 0 Å². The molecule has 1 atom stereocenters. The van der Waals surface area contributed by atoms with Gasteiger partial charge in [0.05, 0.1) is 5.56 Å². The summed E-state index contributed by atoms with van der Waals surface area (Å²) < 4.78 is 39.3. The molecule has 108 valence electrons. The van der Waals surface area contributed by atoms with Crippen molar-refractivity contribution >= 4 is 11.3 Å². The number of nitrogens with one attached hydrogen (secondary N) is 1. The van der Waals surface area contributed by atoms with E-state index in [1.807, 2.05) is 23.8 Å². The molecule has 0 saturated carbocycles. The lowest BCUT2D eigenvalue weighted by Crippen LogP contribution is -2.25. The molecule has 1 aromatic heterocycles. The van der Waals surface area contributed by atoms with Gasteiger partial charge in [-0.1, -0.05) is 25.1 Å². The maximum Gasteiger partial charge on any atom is 0.416 e. The summed E-state index contributed by atoms with van der Waals surface area (Å²) in [5.74, 6) is 0. The number of hydrogen-bond acceptors (Lipinski definition) is 2. The molecule has 0 radical (unpaired) electrons. The highest BCUT2D eigenvalue weighted by molar-refractivity contribution is 7.07. The van der Waals surface area contributed by atoms with Gasteiger partial charge in [-0.05, 0) is 47.0 Å². The molecule has 1 unspecified atom stereocenters. The lowest BCUT2D eigenvalue weighted by atomic mass is 9.95. The van der Waals surface area contributed by atoms with Gasteiger partial charge in [-0.3, -0.25) is 0 Å². The molecule has 0 amide bonds. The summed E-state index contributed by atoms with van der Waals surface area (Å²) >= 11 is 1.55. The second-order valence-corrected chi connectivity index (χ2v) is 5.31. The van der Waals surface area contributed by atoms with Gasteiger partial charge in [-0.25, -0.2) is 0 Å². The predicted octanol–water partition coefficient (Wildman–Crippen LogP) is 4.66. The number of alkyl halides is 3. The molecule has 0 aliphatic rings. The van der Waals surface area contributed by atoms with Crippen molar-refractivity contribution in [1.29, 1.82) is 0 Å². The minimum absolute atomic E-state index is 0.313. The number of benzene rings is 1. The topological polar surface area (TPSA) is 12.0 Å². The van der Waals surface area contributed by atoms with E-state index in [1.54, 1.807) is 23.5 Å². The van der Waals surface area contributed by atoms with Crippen molar-refractivity contribution < 1.29 is 13.2 Å². The second-order valence-electron chi connectivity index (χ2n) is 4.53. The molecule has 0 aliphatic heterocycles. The summed E-state index contributed by atoms with van der Waals surface area (Å²) in [6.45, 7) is 2.53. The van der Waals surface area contributed by atoms with Gasteiger partial charge in [0, 0.05) is 6.04 Å². The van der Waals surface area contributed by atoms with E-state index in [-0.39, 0.29) is 6.04 Å². The fourth-order valence-corrected chi connectivity index (χ4v) is 2.92. The third kappa shape index (κ3) is 3.61. The van der Waals surface area contributed by atoms with E-state index in [9.17, 15) is 13.2 Å². The normalized spacial score (nSPS) is 13.4. The first-order chi connectivity index (χ1) is 9.52. The summed E-state index contributed by atoms with van der Waals surface area (Å²) in [5.41, 5.74) is 0.812. The van der Waals surface area contributed by atoms with Gasteiger partial charge in [0.15, 0.2) is 0 Å². The molecule has 0 fully saturated rings. The van der Waals surface area contributed by atoms with Crippen LogP contribution in [0.25, 0.3) is 0 Å².